The van der Waals surface area contributed by atoms with E-state index in [2.05, 4.69) is 11.9 Å². The van der Waals surface area contributed by atoms with Crippen LogP contribution in [0.3, 0.4) is 0 Å². The molecule has 0 radical (unpaired) electrons. The van der Waals surface area contributed by atoms with Gasteiger partial charge in [0.1, 0.15) is 0 Å². The molecule has 1 rings (SSSR count). The lowest BCUT2D eigenvalue weighted by atomic mass is 10.1. The molecular formula is C13H14ClNO3. The number of hydrogen-bond acceptors (Lipinski definition) is 2. The van der Waals surface area contributed by atoms with Crippen molar-refractivity contribution in [1.82, 2.24) is 5.32 Å². The quantitative estimate of drug-likeness (QED) is 0.806. The molecule has 18 heavy (non-hydrogen) atoms. The summed E-state index contributed by atoms with van der Waals surface area (Å²) in [5, 5.41) is 11.9. The van der Waals surface area contributed by atoms with Gasteiger partial charge in [-0.25, -0.2) is 4.79 Å². The first-order valence-corrected chi connectivity index (χ1v) is 5.74. The highest BCUT2D eigenvalue weighted by molar-refractivity contribution is 6.30. The first-order chi connectivity index (χ1) is 8.40. The van der Waals surface area contributed by atoms with Gasteiger partial charge < -0.3 is 10.4 Å². The highest BCUT2D eigenvalue weighted by atomic mass is 35.5. The Morgan fingerprint density at radius 2 is 1.94 bits per heavy atom. The summed E-state index contributed by atoms with van der Waals surface area (Å²) in [6.45, 7) is 5.12. The summed E-state index contributed by atoms with van der Waals surface area (Å²) in [6, 6.07) is 6.86. The summed E-state index contributed by atoms with van der Waals surface area (Å²) in [5.74, 6) is -1.53. The van der Waals surface area contributed by atoms with E-state index >= 15 is 0 Å². The third kappa shape index (κ3) is 4.22. The lowest BCUT2D eigenvalue weighted by Crippen LogP contribution is -2.27. The third-order valence-electron chi connectivity index (χ3n) is 2.42. The molecule has 96 valence electrons. The van der Waals surface area contributed by atoms with E-state index < -0.39 is 5.97 Å². The van der Waals surface area contributed by atoms with E-state index in [9.17, 15) is 9.59 Å². The zero-order valence-electron chi connectivity index (χ0n) is 9.94. The maximum Gasteiger partial charge on any atom is 0.331 e. The van der Waals surface area contributed by atoms with Gasteiger partial charge in [-0.2, -0.15) is 0 Å². The molecule has 5 heteroatoms. The Morgan fingerprint density at radius 3 is 2.44 bits per heavy atom. The predicted octanol–water partition coefficient (Wildman–Crippen LogP) is 2.55. The molecule has 0 spiro atoms. The fraction of sp³-hybridized carbons (Fsp3) is 0.231. The topological polar surface area (TPSA) is 66.4 Å². The van der Waals surface area contributed by atoms with Crippen LogP contribution in [0.2, 0.25) is 5.02 Å². The van der Waals surface area contributed by atoms with Crippen LogP contribution in [0.4, 0.5) is 0 Å². The van der Waals surface area contributed by atoms with Gasteiger partial charge in [0.05, 0.1) is 12.5 Å². The van der Waals surface area contributed by atoms with Gasteiger partial charge in [0.2, 0.25) is 5.91 Å². The molecule has 0 heterocycles. The van der Waals surface area contributed by atoms with Gasteiger partial charge in [-0.3, -0.25) is 4.79 Å². The smallest absolute Gasteiger partial charge is 0.331 e. The second kappa shape index (κ2) is 6.21. The number of hydrogen-bond donors (Lipinski definition) is 2. The van der Waals surface area contributed by atoms with Crippen molar-refractivity contribution in [1.29, 1.82) is 0 Å². The average molecular weight is 268 g/mol. The Morgan fingerprint density at radius 1 is 1.39 bits per heavy atom. The Kier molecular flexibility index (Phi) is 4.92. The standard InChI is InChI=1S/C13H14ClNO3/c1-8(13(17)18)7-12(16)15-9(2)10-3-5-11(14)6-4-10/h3-6,9H,1,7H2,2H3,(H,15,16)(H,17,18). The normalized spacial score (nSPS) is 11.7. The number of carbonyl (C=O) groups excluding carboxylic acids is 1. The van der Waals surface area contributed by atoms with Crippen LogP contribution in [0.15, 0.2) is 36.4 Å². The molecule has 0 aliphatic rings. The van der Waals surface area contributed by atoms with E-state index in [4.69, 9.17) is 16.7 Å². The maximum atomic E-state index is 11.5. The van der Waals surface area contributed by atoms with Crippen LogP contribution in [0.25, 0.3) is 0 Å². The number of nitrogens with one attached hydrogen (secondary N) is 1. The summed E-state index contributed by atoms with van der Waals surface area (Å²) in [7, 11) is 0. The molecule has 1 aromatic rings. The zero-order chi connectivity index (χ0) is 13.7. The van der Waals surface area contributed by atoms with Crippen LogP contribution in [-0.4, -0.2) is 17.0 Å². The molecule has 0 aliphatic carbocycles. The van der Waals surface area contributed by atoms with Crippen molar-refractivity contribution >= 4 is 23.5 Å². The second-order valence-corrected chi connectivity index (χ2v) is 4.36. The first kappa shape index (κ1) is 14.3. The molecule has 4 nitrogen and oxygen atoms in total. The molecule has 1 atom stereocenters. The molecule has 1 unspecified atom stereocenters. The van der Waals surface area contributed by atoms with Gasteiger partial charge in [0.25, 0.3) is 0 Å². The largest absolute Gasteiger partial charge is 0.478 e. The van der Waals surface area contributed by atoms with Crippen LogP contribution in [0, 0.1) is 0 Å². The second-order valence-electron chi connectivity index (χ2n) is 3.93. The van der Waals surface area contributed by atoms with Crippen molar-refractivity contribution in [3.8, 4) is 0 Å². The van der Waals surface area contributed by atoms with Crippen LogP contribution in [0.1, 0.15) is 24.9 Å². The first-order valence-electron chi connectivity index (χ1n) is 5.36. The number of carboxylic acids is 1. The molecule has 2 N–H and O–H groups in total. The van der Waals surface area contributed by atoms with E-state index in [1.165, 1.54) is 0 Å². The van der Waals surface area contributed by atoms with Gasteiger partial charge in [-0.15, -0.1) is 0 Å². The van der Waals surface area contributed by atoms with E-state index in [0.29, 0.717) is 5.02 Å². The Hall–Kier alpha value is -1.81. The molecule has 0 aromatic heterocycles. The number of aliphatic carboxylic acids is 1. The number of benzene rings is 1. The minimum atomic E-state index is -1.16. The molecular weight excluding hydrogens is 254 g/mol. The van der Waals surface area contributed by atoms with E-state index in [-0.39, 0.29) is 23.9 Å². The maximum absolute atomic E-state index is 11.5. The average Bonchev–Trinajstić information content (AvgIpc) is 2.29. The molecule has 0 fully saturated rings. The van der Waals surface area contributed by atoms with Crippen molar-refractivity contribution in [2.45, 2.75) is 19.4 Å². The summed E-state index contributed by atoms with van der Waals surface area (Å²) < 4.78 is 0. The number of carboxylic acid groups (broad SMARTS) is 1. The van der Waals surface area contributed by atoms with Crippen LogP contribution >= 0.6 is 11.6 Å². The highest BCUT2D eigenvalue weighted by Crippen LogP contribution is 2.16. The van der Waals surface area contributed by atoms with Gasteiger partial charge >= 0.3 is 5.97 Å². The fourth-order valence-corrected chi connectivity index (χ4v) is 1.52. The van der Waals surface area contributed by atoms with Gasteiger partial charge in [-0.1, -0.05) is 30.3 Å². The number of rotatable bonds is 5. The molecule has 1 amide bonds. The zero-order valence-corrected chi connectivity index (χ0v) is 10.7. The van der Waals surface area contributed by atoms with E-state index in [1.807, 2.05) is 6.92 Å². The summed E-state index contributed by atoms with van der Waals surface area (Å²) in [5.41, 5.74) is 0.768. The predicted molar refractivity (Wildman–Crippen MR) is 69.4 cm³/mol. The minimum absolute atomic E-state index is 0.129. The SMILES string of the molecule is C=C(CC(=O)NC(C)c1ccc(Cl)cc1)C(=O)O. The molecule has 0 saturated heterocycles. The summed E-state index contributed by atoms with van der Waals surface area (Å²) in [4.78, 5) is 22.1. The minimum Gasteiger partial charge on any atom is -0.478 e. The lowest BCUT2D eigenvalue weighted by molar-refractivity contribution is -0.134. The Labute approximate surface area is 110 Å². The third-order valence-corrected chi connectivity index (χ3v) is 2.68. The fourth-order valence-electron chi connectivity index (χ4n) is 1.40. The van der Waals surface area contributed by atoms with Gasteiger partial charge in [0.15, 0.2) is 0 Å². The van der Waals surface area contributed by atoms with Crippen molar-refractivity contribution < 1.29 is 14.7 Å². The Balaban J connectivity index is 2.57. The van der Waals surface area contributed by atoms with Crippen molar-refractivity contribution in [2.75, 3.05) is 0 Å². The molecule has 1 aromatic carbocycles. The molecule has 0 aliphatic heterocycles. The van der Waals surface area contributed by atoms with Gasteiger partial charge in [0, 0.05) is 10.6 Å². The van der Waals surface area contributed by atoms with Crippen LogP contribution in [0.5, 0.6) is 0 Å². The van der Waals surface area contributed by atoms with Crippen molar-refractivity contribution in [2.24, 2.45) is 0 Å². The lowest BCUT2D eigenvalue weighted by Gasteiger charge is -2.14. The van der Waals surface area contributed by atoms with Crippen LogP contribution in [-0.2, 0) is 9.59 Å². The number of carbonyl (C=O) groups is 2. The van der Waals surface area contributed by atoms with Crippen LogP contribution < -0.4 is 5.32 Å². The monoisotopic (exact) mass is 267 g/mol. The van der Waals surface area contributed by atoms with Crippen molar-refractivity contribution in [3.63, 3.8) is 0 Å². The van der Waals surface area contributed by atoms with Crippen molar-refractivity contribution in [3.05, 3.63) is 47.0 Å². The number of halogens is 1. The summed E-state index contributed by atoms with van der Waals surface area (Å²) >= 11 is 5.76. The van der Waals surface area contributed by atoms with E-state index in [1.54, 1.807) is 24.3 Å². The highest BCUT2D eigenvalue weighted by Gasteiger charge is 2.13. The summed E-state index contributed by atoms with van der Waals surface area (Å²) in [6.07, 6.45) is -0.215. The number of amides is 1. The Bertz CT molecular complexity index is 468. The molecule has 0 bridgehead atoms. The van der Waals surface area contributed by atoms with Gasteiger partial charge in [-0.05, 0) is 24.6 Å². The molecule has 0 saturated carbocycles. The van der Waals surface area contributed by atoms with E-state index in [0.717, 1.165) is 5.56 Å².